The molecule has 2 N–H and O–H groups in total. The van der Waals surface area contributed by atoms with Crippen molar-refractivity contribution >= 4 is 24.0 Å². The van der Waals surface area contributed by atoms with Crippen LogP contribution in [-0.2, 0) is 4.79 Å². The molecule has 3 unspecified atom stereocenters. The Hall–Kier alpha value is -1.26. The van der Waals surface area contributed by atoms with Crippen molar-refractivity contribution in [2.75, 3.05) is 12.4 Å². The molecule has 0 aromatic heterocycles. The SMILES string of the molecule is COc1ccc(NC(=O)C2CC3CCCCC3N2)c(C)c1.Cl. The topological polar surface area (TPSA) is 50.4 Å². The Morgan fingerprint density at radius 1 is 1.32 bits per heavy atom. The number of carbonyl (C=O) groups excluding carboxylic acids is 1. The Morgan fingerprint density at radius 3 is 2.77 bits per heavy atom. The predicted octanol–water partition coefficient (Wildman–Crippen LogP) is 3.28. The lowest BCUT2D eigenvalue weighted by Crippen LogP contribution is -2.40. The first-order chi connectivity index (χ1) is 10.2. The fourth-order valence-corrected chi connectivity index (χ4v) is 3.64. The second kappa shape index (κ2) is 7.34. The highest BCUT2D eigenvalue weighted by atomic mass is 35.5. The molecule has 1 heterocycles. The van der Waals surface area contributed by atoms with Crippen LogP contribution in [0.25, 0.3) is 0 Å². The van der Waals surface area contributed by atoms with Crippen molar-refractivity contribution in [2.45, 2.75) is 51.1 Å². The molecule has 0 spiro atoms. The van der Waals surface area contributed by atoms with E-state index in [4.69, 9.17) is 4.74 Å². The number of anilines is 1. The molecule has 1 saturated heterocycles. The minimum absolute atomic E-state index is 0. The van der Waals surface area contributed by atoms with Crippen LogP contribution in [0.4, 0.5) is 5.69 Å². The zero-order valence-corrected chi connectivity index (χ0v) is 14.0. The molecule has 5 heteroatoms. The van der Waals surface area contributed by atoms with Gasteiger partial charge in [-0.15, -0.1) is 12.4 Å². The average molecular weight is 325 g/mol. The molecule has 1 aromatic carbocycles. The number of nitrogens with one attached hydrogen (secondary N) is 2. The third kappa shape index (κ3) is 3.55. The Bertz CT molecular complexity index is 521. The zero-order valence-electron chi connectivity index (χ0n) is 13.2. The lowest BCUT2D eigenvalue weighted by molar-refractivity contribution is -0.117. The van der Waals surface area contributed by atoms with E-state index in [1.165, 1.54) is 25.7 Å². The average Bonchev–Trinajstić information content (AvgIpc) is 2.93. The summed E-state index contributed by atoms with van der Waals surface area (Å²) >= 11 is 0. The molecule has 1 amide bonds. The normalized spacial score (nSPS) is 26.7. The van der Waals surface area contributed by atoms with Crippen molar-refractivity contribution in [3.8, 4) is 5.75 Å². The maximum atomic E-state index is 12.5. The van der Waals surface area contributed by atoms with Crippen molar-refractivity contribution in [3.63, 3.8) is 0 Å². The van der Waals surface area contributed by atoms with E-state index in [-0.39, 0.29) is 24.4 Å². The number of fused-ring (bicyclic) bond motifs is 1. The van der Waals surface area contributed by atoms with E-state index in [2.05, 4.69) is 10.6 Å². The summed E-state index contributed by atoms with van der Waals surface area (Å²) in [5.41, 5.74) is 1.90. The summed E-state index contributed by atoms with van der Waals surface area (Å²) in [5.74, 6) is 1.60. The minimum Gasteiger partial charge on any atom is -0.497 e. The molecular formula is C17H25ClN2O2. The summed E-state index contributed by atoms with van der Waals surface area (Å²) in [6.45, 7) is 1.99. The van der Waals surface area contributed by atoms with Crippen LogP contribution in [-0.4, -0.2) is 25.1 Å². The van der Waals surface area contributed by atoms with Crippen molar-refractivity contribution < 1.29 is 9.53 Å². The van der Waals surface area contributed by atoms with Crippen LogP contribution in [0.3, 0.4) is 0 Å². The molecule has 1 aromatic rings. The van der Waals surface area contributed by atoms with E-state index in [0.717, 1.165) is 23.4 Å². The first kappa shape index (κ1) is 17.1. The number of hydrogen-bond donors (Lipinski definition) is 2. The van der Waals surface area contributed by atoms with Crippen LogP contribution in [0.5, 0.6) is 5.75 Å². The Labute approximate surface area is 138 Å². The van der Waals surface area contributed by atoms with Gasteiger partial charge in [0.1, 0.15) is 5.75 Å². The Kier molecular flexibility index (Phi) is 5.70. The smallest absolute Gasteiger partial charge is 0.241 e. The lowest BCUT2D eigenvalue weighted by Gasteiger charge is -2.24. The third-order valence-corrected chi connectivity index (χ3v) is 4.87. The second-order valence-electron chi connectivity index (χ2n) is 6.28. The van der Waals surface area contributed by atoms with Gasteiger partial charge >= 0.3 is 0 Å². The van der Waals surface area contributed by atoms with Gasteiger partial charge in [-0.3, -0.25) is 4.79 Å². The summed E-state index contributed by atoms with van der Waals surface area (Å²) in [6, 6.07) is 6.24. The van der Waals surface area contributed by atoms with E-state index in [9.17, 15) is 4.79 Å². The molecule has 4 nitrogen and oxygen atoms in total. The molecule has 1 saturated carbocycles. The van der Waals surface area contributed by atoms with Crippen LogP contribution in [0.1, 0.15) is 37.7 Å². The third-order valence-electron chi connectivity index (χ3n) is 4.87. The van der Waals surface area contributed by atoms with E-state index >= 15 is 0 Å². The fraction of sp³-hybridized carbons (Fsp3) is 0.588. The maximum Gasteiger partial charge on any atom is 0.241 e. The molecule has 2 fully saturated rings. The maximum absolute atomic E-state index is 12.5. The highest BCUT2D eigenvalue weighted by Crippen LogP contribution is 2.33. The molecule has 122 valence electrons. The number of hydrogen-bond acceptors (Lipinski definition) is 3. The number of amides is 1. The highest BCUT2D eigenvalue weighted by molar-refractivity contribution is 5.95. The van der Waals surface area contributed by atoms with Crippen molar-refractivity contribution in [2.24, 2.45) is 5.92 Å². The highest BCUT2D eigenvalue weighted by Gasteiger charge is 2.38. The van der Waals surface area contributed by atoms with Gasteiger partial charge in [-0.1, -0.05) is 12.8 Å². The van der Waals surface area contributed by atoms with Crippen LogP contribution in [0.2, 0.25) is 0 Å². The molecule has 3 rings (SSSR count). The number of halogens is 1. The van der Waals surface area contributed by atoms with Crippen molar-refractivity contribution in [1.29, 1.82) is 0 Å². The van der Waals surface area contributed by atoms with E-state index in [1.54, 1.807) is 7.11 Å². The second-order valence-corrected chi connectivity index (χ2v) is 6.28. The molecule has 22 heavy (non-hydrogen) atoms. The molecule has 3 atom stereocenters. The first-order valence-corrected chi connectivity index (χ1v) is 7.89. The largest absolute Gasteiger partial charge is 0.497 e. The summed E-state index contributed by atoms with van der Waals surface area (Å²) in [5, 5.41) is 6.57. The number of ether oxygens (including phenoxy) is 1. The summed E-state index contributed by atoms with van der Waals surface area (Å²) in [7, 11) is 1.65. The van der Waals surface area contributed by atoms with Gasteiger partial charge < -0.3 is 15.4 Å². The first-order valence-electron chi connectivity index (χ1n) is 7.89. The number of methoxy groups -OCH3 is 1. The standard InChI is InChI=1S/C17H24N2O2.ClH/c1-11-9-13(21-2)7-8-14(11)19-17(20)16-10-12-5-3-4-6-15(12)18-16;/h7-9,12,15-16,18H,3-6,10H2,1-2H3,(H,19,20);1H. The van der Waals surface area contributed by atoms with Crippen molar-refractivity contribution in [3.05, 3.63) is 23.8 Å². The molecular weight excluding hydrogens is 300 g/mol. The summed E-state index contributed by atoms with van der Waals surface area (Å²) in [6.07, 6.45) is 6.07. The number of carbonyl (C=O) groups is 1. The van der Waals surface area contributed by atoms with Crippen molar-refractivity contribution in [1.82, 2.24) is 5.32 Å². The van der Waals surface area contributed by atoms with E-state index < -0.39 is 0 Å². The zero-order chi connectivity index (χ0) is 14.8. The Morgan fingerprint density at radius 2 is 2.09 bits per heavy atom. The lowest BCUT2D eigenvalue weighted by atomic mass is 9.85. The van der Waals surface area contributed by atoms with Gasteiger partial charge in [0.05, 0.1) is 13.2 Å². The van der Waals surface area contributed by atoms with Gasteiger partial charge in [0.25, 0.3) is 0 Å². The summed E-state index contributed by atoms with van der Waals surface area (Å²) < 4.78 is 5.19. The van der Waals surface area contributed by atoms with Crippen LogP contribution in [0, 0.1) is 12.8 Å². The molecule has 2 aliphatic rings. The quantitative estimate of drug-likeness (QED) is 0.897. The molecule has 1 aliphatic carbocycles. The number of rotatable bonds is 3. The molecule has 0 bridgehead atoms. The fourth-order valence-electron chi connectivity index (χ4n) is 3.64. The van der Waals surface area contributed by atoms with Gasteiger partial charge in [-0.25, -0.2) is 0 Å². The number of benzene rings is 1. The van der Waals surface area contributed by atoms with E-state index in [0.29, 0.717) is 12.0 Å². The monoisotopic (exact) mass is 324 g/mol. The molecule has 1 aliphatic heterocycles. The van der Waals surface area contributed by atoms with Crippen LogP contribution < -0.4 is 15.4 Å². The molecule has 0 radical (unpaired) electrons. The van der Waals surface area contributed by atoms with Gasteiger partial charge in [-0.2, -0.15) is 0 Å². The summed E-state index contributed by atoms with van der Waals surface area (Å²) in [4.78, 5) is 12.5. The number of aryl methyl sites for hydroxylation is 1. The van der Waals surface area contributed by atoms with Gasteiger partial charge in [-0.05, 0) is 55.9 Å². The van der Waals surface area contributed by atoms with Gasteiger partial charge in [0.2, 0.25) is 5.91 Å². The van der Waals surface area contributed by atoms with E-state index in [1.807, 2.05) is 25.1 Å². The predicted molar refractivity (Wildman–Crippen MR) is 90.9 cm³/mol. The minimum atomic E-state index is -0.0420. The van der Waals surface area contributed by atoms with Gasteiger partial charge in [0.15, 0.2) is 0 Å². The van der Waals surface area contributed by atoms with Crippen LogP contribution >= 0.6 is 12.4 Å². The van der Waals surface area contributed by atoms with Crippen LogP contribution in [0.15, 0.2) is 18.2 Å². The van der Waals surface area contributed by atoms with Gasteiger partial charge in [0, 0.05) is 11.7 Å². The Balaban J connectivity index is 0.00000176.